The van der Waals surface area contributed by atoms with Crippen LogP contribution < -0.4 is 0 Å². The van der Waals surface area contributed by atoms with Crippen molar-refractivity contribution in [2.75, 3.05) is 13.1 Å². The number of phenolic OH excluding ortho intramolecular Hbond substituents is 4. The number of aromatic hydroxyl groups is 4. The van der Waals surface area contributed by atoms with Gasteiger partial charge in [0.2, 0.25) is 0 Å². The molecule has 1 aliphatic heterocycles. The summed E-state index contributed by atoms with van der Waals surface area (Å²) in [5, 5.41) is 38.7. The number of carbonyl (C=O) groups is 1. The van der Waals surface area contributed by atoms with Gasteiger partial charge in [-0.1, -0.05) is 42.5 Å². The number of benzene rings is 3. The SMILES string of the molecule is O=C1/C(=C/c2ccc(O)c(O)c2)CN(Cc2ccccc2)C/C1=C\c1ccc(O)c(O)c1. The fourth-order valence-corrected chi connectivity index (χ4v) is 3.73. The second-order valence-electron chi connectivity index (χ2n) is 7.80. The van der Waals surface area contributed by atoms with Crippen LogP contribution in [0.2, 0.25) is 0 Å². The maximum atomic E-state index is 13.2. The molecular weight excluding hydrogens is 406 g/mol. The maximum Gasteiger partial charge on any atom is 0.187 e. The van der Waals surface area contributed by atoms with E-state index in [-0.39, 0.29) is 28.8 Å². The van der Waals surface area contributed by atoms with Gasteiger partial charge in [-0.2, -0.15) is 0 Å². The van der Waals surface area contributed by atoms with E-state index in [1.807, 2.05) is 30.3 Å². The van der Waals surface area contributed by atoms with Gasteiger partial charge in [-0.3, -0.25) is 9.69 Å². The number of likely N-dealkylation sites (tertiary alicyclic amines) is 1. The predicted molar refractivity (Wildman–Crippen MR) is 122 cm³/mol. The fourth-order valence-electron chi connectivity index (χ4n) is 3.73. The van der Waals surface area contributed by atoms with Crippen LogP contribution in [0.3, 0.4) is 0 Å². The van der Waals surface area contributed by atoms with Crippen molar-refractivity contribution in [2.45, 2.75) is 6.54 Å². The summed E-state index contributed by atoms with van der Waals surface area (Å²) in [5.74, 6) is -1.08. The van der Waals surface area contributed by atoms with E-state index in [1.165, 1.54) is 24.3 Å². The average Bonchev–Trinajstić information content (AvgIpc) is 2.77. The molecule has 4 N–H and O–H groups in total. The Bertz CT molecular complexity index is 1140. The van der Waals surface area contributed by atoms with Crippen molar-refractivity contribution in [2.24, 2.45) is 0 Å². The molecule has 1 heterocycles. The third-order valence-electron chi connectivity index (χ3n) is 5.30. The zero-order valence-corrected chi connectivity index (χ0v) is 17.3. The Balaban J connectivity index is 1.70. The Kier molecular flexibility index (Phi) is 5.96. The molecule has 6 nitrogen and oxygen atoms in total. The number of Topliss-reactive ketones (excluding diaryl/α,β-unsaturated/α-hetero) is 1. The standard InChI is InChI=1S/C26H23NO5/c28-22-8-6-18(12-24(22)30)10-20-15-27(14-17-4-2-1-3-5-17)16-21(26(20)32)11-19-7-9-23(29)25(31)13-19/h1-13,28-31H,14-16H2/b20-10+,21-11+. The summed E-state index contributed by atoms with van der Waals surface area (Å²) in [6, 6.07) is 18.8. The van der Waals surface area contributed by atoms with E-state index in [4.69, 9.17) is 0 Å². The lowest BCUT2D eigenvalue weighted by Crippen LogP contribution is -2.37. The predicted octanol–water partition coefficient (Wildman–Crippen LogP) is 4.06. The summed E-state index contributed by atoms with van der Waals surface area (Å²) in [6.07, 6.45) is 3.42. The van der Waals surface area contributed by atoms with Crippen molar-refractivity contribution in [3.05, 3.63) is 94.6 Å². The molecular formula is C26H23NO5. The minimum Gasteiger partial charge on any atom is -0.504 e. The van der Waals surface area contributed by atoms with Crippen LogP contribution in [0.15, 0.2) is 77.9 Å². The normalized spacial score (nSPS) is 17.2. The summed E-state index contributed by atoms with van der Waals surface area (Å²) in [5.41, 5.74) is 3.42. The average molecular weight is 429 g/mol. The second-order valence-corrected chi connectivity index (χ2v) is 7.80. The van der Waals surface area contributed by atoms with E-state index in [1.54, 1.807) is 24.3 Å². The first-order valence-electron chi connectivity index (χ1n) is 10.1. The molecule has 0 amide bonds. The van der Waals surface area contributed by atoms with Gasteiger partial charge in [-0.15, -0.1) is 0 Å². The largest absolute Gasteiger partial charge is 0.504 e. The minimum atomic E-state index is -0.251. The Morgan fingerprint density at radius 1 is 0.688 bits per heavy atom. The first-order valence-corrected chi connectivity index (χ1v) is 10.1. The highest BCUT2D eigenvalue weighted by atomic mass is 16.3. The third-order valence-corrected chi connectivity index (χ3v) is 5.30. The molecule has 1 saturated heterocycles. The zero-order chi connectivity index (χ0) is 22.7. The number of carbonyl (C=O) groups excluding carboxylic acids is 1. The van der Waals surface area contributed by atoms with Crippen molar-refractivity contribution in [1.29, 1.82) is 0 Å². The molecule has 6 heteroatoms. The Morgan fingerprint density at radius 2 is 1.19 bits per heavy atom. The van der Waals surface area contributed by atoms with E-state index < -0.39 is 0 Å². The van der Waals surface area contributed by atoms with Crippen LogP contribution in [0.1, 0.15) is 16.7 Å². The number of rotatable bonds is 4. The van der Waals surface area contributed by atoms with Crippen LogP contribution in [-0.4, -0.2) is 44.2 Å². The van der Waals surface area contributed by atoms with Crippen LogP contribution in [0, 0.1) is 0 Å². The second kappa shape index (κ2) is 8.99. The lowest BCUT2D eigenvalue weighted by atomic mass is 9.93. The molecule has 1 aliphatic rings. The van der Waals surface area contributed by atoms with Crippen molar-refractivity contribution < 1.29 is 25.2 Å². The third kappa shape index (κ3) is 4.82. The van der Waals surface area contributed by atoms with E-state index in [0.717, 1.165) is 5.56 Å². The van der Waals surface area contributed by atoms with E-state index in [2.05, 4.69) is 4.90 Å². The number of nitrogens with zero attached hydrogens (tertiary/aromatic N) is 1. The maximum absolute atomic E-state index is 13.2. The van der Waals surface area contributed by atoms with Gasteiger partial charge in [-0.25, -0.2) is 0 Å². The van der Waals surface area contributed by atoms with Crippen LogP contribution in [-0.2, 0) is 11.3 Å². The molecule has 0 aromatic heterocycles. The number of hydrogen-bond acceptors (Lipinski definition) is 6. The van der Waals surface area contributed by atoms with Gasteiger partial charge in [0.25, 0.3) is 0 Å². The van der Waals surface area contributed by atoms with Crippen LogP contribution >= 0.6 is 0 Å². The molecule has 0 bridgehead atoms. The lowest BCUT2D eigenvalue weighted by molar-refractivity contribution is -0.113. The highest BCUT2D eigenvalue weighted by Crippen LogP contribution is 2.30. The Morgan fingerprint density at radius 3 is 1.66 bits per heavy atom. The van der Waals surface area contributed by atoms with Gasteiger partial charge in [0, 0.05) is 30.8 Å². The highest BCUT2D eigenvalue weighted by Gasteiger charge is 2.26. The Labute approximate surface area is 185 Å². The number of hydrogen-bond donors (Lipinski definition) is 4. The molecule has 3 aromatic rings. The van der Waals surface area contributed by atoms with Crippen molar-refractivity contribution in [3.63, 3.8) is 0 Å². The monoisotopic (exact) mass is 429 g/mol. The van der Waals surface area contributed by atoms with Gasteiger partial charge in [0.15, 0.2) is 28.8 Å². The molecule has 0 atom stereocenters. The number of ketones is 1. The summed E-state index contributed by atoms with van der Waals surface area (Å²) < 4.78 is 0. The first kappa shape index (κ1) is 21.2. The first-order chi connectivity index (χ1) is 15.4. The molecule has 162 valence electrons. The summed E-state index contributed by atoms with van der Waals surface area (Å²) in [4.78, 5) is 15.4. The molecule has 0 unspecified atom stereocenters. The number of phenols is 4. The molecule has 32 heavy (non-hydrogen) atoms. The fraction of sp³-hybridized carbons (Fsp3) is 0.115. The van der Waals surface area contributed by atoms with Crippen molar-refractivity contribution in [3.8, 4) is 23.0 Å². The quantitative estimate of drug-likeness (QED) is 0.369. The topological polar surface area (TPSA) is 101 Å². The minimum absolute atomic E-state index is 0.130. The van der Waals surface area contributed by atoms with Gasteiger partial charge >= 0.3 is 0 Å². The summed E-state index contributed by atoms with van der Waals surface area (Å²) >= 11 is 0. The molecule has 1 fully saturated rings. The molecule has 0 saturated carbocycles. The van der Waals surface area contributed by atoms with Crippen LogP contribution in [0.25, 0.3) is 12.2 Å². The Hall–Kier alpha value is -4.03. The molecule has 4 rings (SSSR count). The highest BCUT2D eigenvalue weighted by molar-refractivity contribution is 6.14. The van der Waals surface area contributed by atoms with Gasteiger partial charge in [0.05, 0.1) is 0 Å². The van der Waals surface area contributed by atoms with Crippen LogP contribution in [0.5, 0.6) is 23.0 Å². The molecule has 0 radical (unpaired) electrons. The summed E-state index contributed by atoms with van der Waals surface area (Å²) in [6.45, 7) is 1.49. The van der Waals surface area contributed by atoms with E-state index >= 15 is 0 Å². The van der Waals surface area contributed by atoms with Gasteiger partial charge in [-0.05, 0) is 53.1 Å². The van der Waals surface area contributed by atoms with Crippen molar-refractivity contribution in [1.82, 2.24) is 4.90 Å². The molecule has 0 aliphatic carbocycles. The zero-order valence-electron chi connectivity index (χ0n) is 17.3. The smallest absolute Gasteiger partial charge is 0.187 e. The summed E-state index contributed by atoms with van der Waals surface area (Å²) in [7, 11) is 0. The van der Waals surface area contributed by atoms with Crippen molar-refractivity contribution >= 4 is 17.9 Å². The van der Waals surface area contributed by atoms with E-state index in [9.17, 15) is 25.2 Å². The van der Waals surface area contributed by atoms with Crippen LogP contribution in [0.4, 0.5) is 0 Å². The van der Waals surface area contributed by atoms with Gasteiger partial charge in [0.1, 0.15) is 0 Å². The number of piperidine rings is 1. The molecule has 0 spiro atoms. The van der Waals surface area contributed by atoms with E-state index in [0.29, 0.717) is 41.9 Å². The molecule has 3 aromatic carbocycles. The van der Waals surface area contributed by atoms with Gasteiger partial charge < -0.3 is 20.4 Å². The lowest BCUT2D eigenvalue weighted by Gasteiger charge is -2.30.